The molecule has 3 rings (SSSR count). The van der Waals surface area contributed by atoms with E-state index in [1.54, 1.807) is 17.4 Å². The largest absolute Gasteiger partial charge is 0.330 e. The summed E-state index contributed by atoms with van der Waals surface area (Å²) < 4.78 is 1.18. The van der Waals surface area contributed by atoms with Crippen molar-refractivity contribution in [2.45, 2.75) is 12.3 Å². The van der Waals surface area contributed by atoms with Crippen LogP contribution in [0.4, 0.5) is 0 Å². The van der Waals surface area contributed by atoms with Gasteiger partial charge in [0, 0.05) is 12.5 Å². The molecule has 0 saturated heterocycles. The minimum Gasteiger partial charge on any atom is -0.330 e. The Morgan fingerprint density at radius 3 is 2.67 bits per heavy atom. The first-order chi connectivity index (χ1) is 10.2. The first-order valence-corrected chi connectivity index (χ1v) is 8.24. The molecule has 3 aromatic rings. The third kappa shape index (κ3) is 3.06. The summed E-state index contributed by atoms with van der Waals surface area (Å²) in [5, 5.41) is 2.24. The number of nitrogens with zero attached hydrogens (tertiary/aromatic N) is 1. The van der Waals surface area contributed by atoms with Crippen molar-refractivity contribution >= 4 is 44.8 Å². The van der Waals surface area contributed by atoms with E-state index >= 15 is 0 Å². The maximum Gasteiger partial charge on any atom is 0.0985 e. The van der Waals surface area contributed by atoms with Crippen LogP contribution in [0.15, 0.2) is 42.5 Å². The maximum atomic E-state index is 6.27. The number of hydrogen-bond donors (Lipinski definition) is 1. The summed E-state index contributed by atoms with van der Waals surface area (Å²) in [7, 11) is 0. The van der Waals surface area contributed by atoms with Gasteiger partial charge < -0.3 is 5.73 Å². The van der Waals surface area contributed by atoms with Gasteiger partial charge in [-0.25, -0.2) is 4.98 Å². The van der Waals surface area contributed by atoms with Crippen LogP contribution < -0.4 is 5.73 Å². The summed E-state index contributed by atoms with van der Waals surface area (Å²) in [5.41, 5.74) is 7.99. The smallest absolute Gasteiger partial charge is 0.0985 e. The van der Waals surface area contributed by atoms with E-state index in [-0.39, 0.29) is 5.92 Å². The summed E-state index contributed by atoms with van der Waals surface area (Å²) in [4.78, 5) is 4.69. The Labute approximate surface area is 137 Å². The summed E-state index contributed by atoms with van der Waals surface area (Å²) in [5.74, 6) is 0.151. The highest BCUT2D eigenvalue weighted by molar-refractivity contribution is 7.18. The zero-order chi connectivity index (χ0) is 14.8. The van der Waals surface area contributed by atoms with Crippen molar-refractivity contribution in [1.82, 2.24) is 4.98 Å². The molecule has 0 amide bonds. The van der Waals surface area contributed by atoms with Crippen molar-refractivity contribution in [2.75, 3.05) is 6.54 Å². The molecular weight excluding hydrogens is 323 g/mol. The molecule has 0 spiro atoms. The minimum absolute atomic E-state index is 0.151. The fraction of sp³-hybridized carbons (Fsp3) is 0.188. The van der Waals surface area contributed by atoms with Crippen LogP contribution in [0.25, 0.3) is 10.2 Å². The Hall–Kier alpha value is -1.13. The van der Waals surface area contributed by atoms with Crippen LogP contribution in [-0.4, -0.2) is 11.5 Å². The molecule has 1 heterocycles. The second kappa shape index (κ2) is 6.32. The highest BCUT2D eigenvalue weighted by Gasteiger charge is 2.17. The van der Waals surface area contributed by atoms with E-state index in [0.29, 0.717) is 16.6 Å². The molecule has 0 aliphatic heterocycles. The average molecular weight is 337 g/mol. The normalized spacial score (nSPS) is 12.7. The molecule has 0 saturated carbocycles. The fourth-order valence-corrected chi connectivity index (χ4v) is 3.79. The molecule has 108 valence electrons. The van der Waals surface area contributed by atoms with Gasteiger partial charge >= 0.3 is 0 Å². The lowest BCUT2D eigenvalue weighted by atomic mass is 10.00. The molecule has 0 aliphatic rings. The summed E-state index contributed by atoms with van der Waals surface area (Å²) in [6, 6.07) is 13.8. The average Bonchev–Trinajstić information content (AvgIpc) is 2.92. The molecule has 1 aromatic heterocycles. The minimum atomic E-state index is 0.151. The number of thiazole rings is 1. The van der Waals surface area contributed by atoms with Gasteiger partial charge in [-0.1, -0.05) is 47.5 Å². The van der Waals surface area contributed by atoms with Crippen molar-refractivity contribution < 1.29 is 0 Å². The predicted octanol–water partition coefficient (Wildman–Crippen LogP) is 4.89. The Morgan fingerprint density at radius 1 is 1.10 bits per heavy atom. The van der Waals surface area contributed by atoms with Gasteiger partial charge in [0.15, 0.2) is 0 Å². The lowest BCUT2D eigenvalue weighted by Gasteiger charge is -2.13. The number of aromatic nitrogens is 1. The van der Waals surface area contributed by atoms with Gasteiger partial charge in [0.1, 0.15) is 0 Å². The van der Waals surface area contributed by atoms with Gasteiger partial charge in [-0.05, 0) is 30.2 Å². The van der Waals surface area contributed by atoms with E-state index in [1.165, 1.54) is 4.70 Å². The zero-order valence-corrected chi connectivity index (χ0v) is 13.6. The van der Waals surface area contributed by atoms with Crippen molar-refractivity contribution in [3.8, 4) is 0 Å². The summed E-state index contributed by atoms with van der Waals surface area (Å²) in [6.07, 6.45) is 0.746. The number of halogens is 2. The molecule has 0 bridgehead atoms. The molecule has 1 unspecified atom stereocenters. The number of nitrogens with two attached hydrogens (primary N) is 1. The third-order valence-electron chi connectivity index (χ3n) is 3.44. The molecule has 5 heteroatoms. The van der Waals surface area contributed by atoms with Crippen LogP contribution in [-0.2, 0) is 6.42 Å². The lowest BCUT2D eigenvalue weighted by Crippen LogP contribution is -2.15. The first kappa shape index (κ1) is 14.8. The number of fused-ring (bicyclic) bond motifs is 1. The van der Waals surface area contributed by atoms with Gasteiger partial charge in [0.25, 0.3) is 0 Å². The molecule has 0 fully saturated rings. The van der Waals surface area contributed by atoms with Crippen molar-refractivity contribution in [3.63, 3.8) is 0 Å². The molecule has 2 N–H and O–H groups in total. The highest BCUT2D eigenvalue weighted by Crippen LogP contribution is 2.32. The van der Waals surface area contributed by atoms with Crippen molar-refractivity contribution in [3.05, 3.63) is 63.1 Å². The van der Waals surface area contributed by atoms with E-state index < -0.39 is 0 Å². The Kier molecular flexibility index (Phi) is 4.45. The quantitative estimate of drug-likeness (QED) is 0.736. The van der Waals surface area contributed by atoms with E-state index in [4.69, 9.17) is 33.9 Å². The van der Waals surface area contributed by atoms with Crippen LogP contribution in [0.2, 0.25) is 10.0 Å². The maximum absolute atomic E-state index is 6.27. The van der Waals surface area contributed by atoms with E-state index in [0.717, 1.165) is 22.5 Å². The van der Waals surface area contributed by atoms with Gasteiger partial charge in [0.05, 0.1) is 25.3 Å². The molecule has 1 atom stereocenters. The second-order valence-electron chi connectivity index (χ2n) is 4.87. The Bertz CT molecular complexity index is 737. The highest BCUT2D eigenvalue weighted by atomic mass is 35.5. The van der Waals surface area contributed by atoms with Crippen LogP contribution in [0.5, 0.6) is 0 Å². The summed E-state index contributed by atoms with van der Waals surface area (Å²) in [6.45, 7) is 0.530. The zero-order valence-electron chi connectivity index (χ0n) is 11.2. The van der Waals surface area contributed by atoms with Crippen LogP contribution in [0.3, 0.4) is 0 Å². The van der Waals surface area contributed by atoms with Gasteiger partial charge in [-0.15, -0.1) is 11.3 Å². The Morgan fingerprint density at radius 2 is 1.90 bits per heavy atom. The van der Waals surface area contributed by atoms with Gasteiger partial charge in [0.2, 0.25) is 0 Å². The van der Waals surface area contributed by atoms with Crippen LogP contribution >= 0.6 is 34.5 Å². The van der Waals surface area contributed by atoms with Crippen molar-refractivity contribution in [1.29, 1.82) is 0 Å². The number of para-hydroxylation sites is 1. The molecule has 0 radical (unpaired) electrons. The third-order valence-corrected chi connectivity index (χ3v) is 5.50. The molecule has 21 heavy (non-hydrogen) atoms. The Balaban J connectivity index is 1.93. The predicted molar refractivity (Wildman–Crippen MR) is 91.6 cm³/mol. The first-order valence-electron chi connectivity index (χ1n) is 6.67. The van der Waals surface area contributed by atoms with Crippen LogP contribution in [0.1, 0.15) is 16.5 Å². The van der Waals surface area contributed by atoms with E-state index in [2.05, 4.69) is 6.07 Å². The SMILES string of the molecule is NCC(Cc1cccc(Cl)c1Cl)c1nc2ccccc2s1. The van der Waals surface area contributed by atoms with Crippen molar-refractivity contribution in [2.24, 2.45) is 5.73 Å². The second-order valence-corrected chi connectivity index (χ2v) is 6.72. The summed E-state index contributed by atoms with van der Waals surface area (Å²) >= 11 is 14.0. The molecule has 2 aromatic carbocycles. The topological polar surface area (TPSA) is 38.9 Å². The monoisotopic (exact) mass is 336 g/mol. The number of benzene rings is 2. The number of rotatable bonds is 4. The van der Waals surface area contributed by atoms with Gasteiger partial charge in [-0.3, -0.25) is 0 Å². The molecule has 0 aliphatic carbocycles. The fourth-order valence-electron chi connectivity index (χ4n) is 2.31. The lowest BCUT2D eigenvalue weighted by molar-refractivity contribution is 0.690. The standard InChI is InChI=1S/C16H14Cl2N2S/c17-12-5-3-4-10(15(12)18)8-11(9-19)16-20-13-6-1-2-7-14(13)21-16/h1-7,11H,8-9,19H2. The van der Waals surface area contributed by atoms with Gasteiger partial charge in [-0.2, -0.15) is 0 Å². The van der Waals surface area contributed by atoms with E-state index in [1.807, 2.05) is 30.3 Å². The van der Waals surface area contributed by atoms with E-state index in [9.17, 15) is 0 Å². The van der Waals surface area contributed by atoms with Crippen LogP contribution in [0, 0.1) is 0 Å². The number of hydrogen-bond acceptors (Lipinski definition) is 3. The molecule has 2 nitrogen and oxygen atoms in total. The molecular formula is C16H14Cl2N2S.